The smallest absolute Gasteiger partial charge is 0.872 e. The number of rotatable bonds is 0. The summed E-state index contributed by atoms with van der Waals surface area (Å²) in [5.41, 5.74) is 2.08. The van der Waals surface area contributed by atoms with Gasteiger partial charge in [0.25, 0.3) is 0 Å². The normalized spacial score (nSPS) is 8.60. The Hall–Kier alpha value is -0.383. The molecule has 0 unspecified atom stereocenters. The minimum atomic E-state index is 0. The van der Waals surface area contributed by atoms with Gasteiger partial charge in [0, 0.05) is 0 Å². The minimum absolute atomic E-state index is 0. The fraction of sp³-hybridized carbons (Fsp3) is 0.250. The predicted molar refractivity (Wildman–Crippen MR) is 35.4 cm³/mol. The van der Waals surface area contributed by atoms with E-state index >= 15 is 0 Å². The molecule has 0 saturated heterocycles. The van der Waals surface area contributed by atoms with Crippen LogP contribution in [0.5, 0.6) is 5.75 Å². The van der Waals surface area contributed by atoms with Crippen molar-refractivity contribution in [1.29, 1.82) is 0 Å². The van der Waals surface area contributed by atoms with Crippen molar-refractivity contribution < 1.29 is 24.0 Å². The molecule has 0 bridgehead atoms. The quantitative estimate of drug-likeness (QED) is 0.385. The second kappa shape index (κ2) is 3.70. The third-order valence-electron chi connectivity index (χ3n) is 1.20. The monoisotopic (exact) mass is 128 g/mol. The summed E-state index contributed by atoms with van der Waals surface area (Å²) >= 11 is 0. The average molecular weight is 128 g/mol. The van der Waals surface area contributed by atoms with E-state index in [1.807, 2.05) is 19.9 Å². The molecule has 0 atom stereocenters. The fourth-order valence-electron chi connectivity index (χ4n) is 0.933. The largest absolute Gasteiger partial charge is 1.00 e. The van der Waals surface area contributed by atoms with Crippen LogP contribution >= 0.6 is 0 Å². The molecule has 1 aromatic carbocycles. The molecule has 0 heterocycles. The molecule has 0 aliphatic heterocycles. The summed E-state index contributed by atoms with van der Waals surface area (Å²) in [6, 6.07) is 5.25. The summed E-state index contributed by atoms with van der Waals surface area (Å²) in [5.74, 6) is 0.104. The maximum absolute atomic E-state index is 10.7. The van der Waals surface area contributed by atoms with Gasteiger partial charge in [0.2, 0.25) is 0 Å². The van der Waals surface area contributed by atoms with Gasteiger partial charge in [-0.3, -0.25) is 0 Å². The van der Waals surface area contributed by atoms with Crippen LogP contribution in [0, 0.1) is 13.8 Å². The maximum Gasteiger partial charge on any atom is 1.00 e. The Morgan fingerprint density at radius 2 is 1.40 bits per heavy atom. The van der Waals surface area contributed by atoms with Crippen LogP contribution in [0.15, 0.2) is 18.2 Å². The molecule has 0 aliphatic rings. The van der Waals surface area contributed by atoms with Crippen molar-refractivity contribution in [3.8, 4) is 5.75 Å². The molecule has 1 aromatic rings. The molecule has 1 nitrogen and oxygen atoms in total. The Morgan fingerprint density at radius 3 is 1.70 bits per heavy atom. The molecule has 0 fully saturated rings. The molecule has 0 N–H and O–H groups in total. The summed E-state index contributed by atoms with van der Waals surface area (Å²) in [6.07, 6.45) is 0. The van der Waals surface area contributed by atoms with Gasteiger partial charge in [0.1, 0.15) is 0 Å². The molecular formula is C8H9LiO. The maximum atomic E-state index is 10.7. The third kappa shape index (κ3) is 2.47. The topological polar surface area (TPSA) is 23.1 Å². The van der Waals surface area contributed by atoms with E-state index in [-0.39, 0.29) is 24.6 Å². The molecule has 0 aromatic heterocycles. The summed E-state index contributed by atoms with van der Waals surface area (Å²) in [5, 5.41) is 10.7. The Bertz CT molecular complexity index is 170. The van der Waals surface area contributed by atoms with Crippen LogP contribution in [0.25, 0.3) is 0 Å². The Labute approximate surface area is 73.3 Å². The van der Waals surface area contributed by atoms with E-state index in [0.717, 1.165) is 11.1 Å². The number of aryl methyl sites for hydroxylation is 2. The molecule has 0 radical (unpaired) electrons. The van der Waals surface area contributed by atoms with E-state index in [1.165, 1.54) is 0 Å². The van der Waals surface area contributed by atoms with E-state index in [1.54, 1.807) is 12.1 Å². The predicted octanol–water partition coefficient (Wildman–Crippen LogP) is -1.62. The molecule has 10 heavy (non-hydrogen) atoms. The van der Waals surface area contributed by atoms with Crippen LogP contribution in [0.3, 0.4) is 0 Å². The van der Waals surface area contributed by atoms with Crippen molar-refractivity contribution >= 4 is 0 Å². The van der Waals surface area contributed by atoms with Crippen molar-refractivity contribution in [2.75, 3.05) is 0 Å². The first kappa shape index (κ1) is 9.62. The number of hydrogen-bond donors (Lipinski definition) is 0. The summed E-state index contributed by atoms with van der Waals surface area (Å²) in [6.45, 7) is 3.85. The van der Waals surface area contributed by atoms with Crippen LogP contribution in [0.2, 0.25) is 0 Å². The Balaban J connectivity index is 0.000000810. The molecule has 0 amide bonds. The zero-order chi connectivity index (χ0) is 6.85. The van der Waals surface area contributed by atoms with Crippen molar-refractivity contribution in [3.63, 3.8) is 0 Å². The first-order valence-electron chi connectivity index (χ1n) is 2.94. The van der Waals surface area contributed by atoms with Gasteiger partial charge in [-0.2, -0.15) is 0 Å². The molecule has 0 spiro atoms. The van der Waals surface area contributed by atoms with Gasteiger partial charge in [-0.25, -0.2) is 0 Å². The Morgan fingerprint density at radius 1 is 1.00 bits per heavy atom. The van der Waals surface area contributed by atoms with E-state index in [2.05, 4.69) is 0 Å². The third-order valence-corrected chi connectivity index (χ3v) is 1.20. The molecule has 0 aliphatic carbocycles. The van der Waals surface area contributed by atoms with E-state index in [9.17, 15) is 5.11 Å². The van der Waals surface area contributed by atoms with Crippen molar-refractivity contribution in [2.24, 2.45) is 0 Å². The summed E-state index contributed by atoms with van der Waals surface area (Å²) in [7, 11) is 0. The van der Waals surface area contributed by atoms with Crippen molar-refractivity contribution in [2.45, 2.75) is 13.8 Å². The van der Waals surface area contributed by atoms with Crippen LogP contribution in [-0.2, 0) is 0 Å². The summed E-state index contributed by atoms with van der Waals surface area (Å²) < 4.78 is 0. The standard InChI is InChI=1S/C8H10O.Li/c1-6-3-7(2)5-8(9)4-6;/h3-5,9H,1-2H3;/q;+1/p-1. The van der Waals surface area contributed by atoms with Gasteiger partial charge < -0.3 is 5.11 Å². The number of benzene rings is 1. The van der Waals surface area contributed by atoms with Crippen molar-refractivity contribution in [3.05, 3.63) is 29.3 Å². The first-order valence-corrected chi connectivity index (χ1v) is 2.94. The fourth-order valence-corrected chi connectivity index (χ4v) is 0.933. The van der Waals surface area contributed by atoms with Gasteiger partial charge in [-0.05, 0) is 13.8 Å². The van der Waals surface area contributed by atoms with Gasteiger partial charge in [0.05, 0.1) is 0 Å². The van der Waals surface area contributed by atoms with Gasteiger partial charge in [-0.1, -0.05) is 29.3 Å². The molecular weight excluding hydrogens is 119 g/mol. The van der Waals surface area contributed by atoms with Gasteiger partial charge >= 0.3 is 18.9 Å². The second-order valence-corrected chi connectivity index (χ2v) is 2.32. The first-order chi connectivity index (χ1) is 4.18. The Kier molecular flexibility index (Phi) is 3.56. The molecule has 2 heteroatoms. The van der Waals surface area contributed by atoms with E-state index < -0.39 is 0 Å². The zero-order valence-corrected chi connectivity index (χ0v) is 6.64. The van der Waals surface area contributed by atoms with Gasteiger partial charge in [-0.15, -0.1) is 5.75 Å². The molecule has 0 saturated carbocycles. The van der Waals surface area contributed by atoms with Crippen LogP contribution in [-0.4, -0.2) is 0 Å². The van der Waals surface area contributed by atoms with Crippen LogP contribution < -0.4 is 24.0 Å². The van der Waals surface area contributed by atoms with Crippen LogP contribution in [0.1, 0.15) is 11.1 Å². The van der Waals surface area contributed by atoms with E-state index in [0.29, 0.717) is 0 Å². The van der Waals surface area contributed by atoms with Gasteiger partial charge in [0.15, 0.2) is 0 Å². The number of hydrogen-bond acceptors (Lipinski definition) is 1. The molecule has 48 valence electrons. The molecule has 1 rings (SSSR count). The van der Waals surface area contributed by atoms with E-state index in [4.69, 9.17) is 0 Å². The minimum Gasteiger partial charge on any atom is -0.872 e. The SMILES string of the molecule is Cc1cc(C)cc([O-])c1.[Li+]. The zero-order valence-electron chi connectivity index (χ0n) is 6.64. The van der Waals surface area contributed by atoms with Crippen molar-refractivity contribution in [1.82, 2.24) is 0 Å². The second-order valence-electron chi connectivity index (χ2n) is 2.32. The average Bonchev–Trinajstić information content (AvgIpc) is 1.59. The summed E-state index contributed by atoms with van der Waals surface area (Å²) in [4.78, 5) is 0. The van der Waals surface area contributed by atoms with Crippen LogP contribution in [0.4, 0.5) is 0 Å².